The van der Waals surface area contributed by atoms with E-state index in [2.05, 4.69) is 0 Å². The highest BCUT2D eigenvalue weighted by Crippen LogP contribution is 2.32. The molecule has 0 unspecified atom stereocenters. The lowest BCUT2D eigenvalue weighted by Crippen LogP contribution is -2.04. The molecule has 0 spiro atoms. The van der Waals surface area contributed by atoms with Crippen LogP contribution in [-0.4, -0.2) is 5.11 Å². The predicted octanol–water partition coefficient (Wildman–Crippen LogP) is 4.53. The molecule has 2 aromatic carbocycles. The van der Waals surface area contributed by atoms with Crippen LogP contribution in [0.2, 0.25) is 0 Å². The maximum absolute atomic E-state index is 13.2. The highest BCUT2D eigenvalue weighted by Gasteiger charge is 2.29. The van der Waals surface area contributed by atoms with Crippen LogP contribution >= 0.6 is 0 Å². The molecule has 1 nitrogen and oxygen atoms in total. The Morgan fingerprint density at radius 3 is 2.00 bits per heavy atom. The van der Waals surface area contributed by atoms with Crippen LogP contribution < -0.4 is 0 Å². The summed E-state index contributed by atoms with van der Waals surface area (Å²) in [6.07, 6.45) is -4.39. The summed E-state index contributed by atoms with van der Waals surface area (Å²) in [6.45, 7) is 1.47. The first-order valence-electron chi connectivity index (χ1n) is 5.46. The van der Waals surface area contributed by atoms with E-state index in [-0.39, 0.29) is 5.56 Å². The molecular weight excluding hydrogens is 260 g/mol. The molecule has 0 amide bonds. The van der Waals surface area contributed by atoms with Crippen molar-refractivity contribution in [1.82, 2.24) is 0 Å². The lowest BCUT2D eigenvalue weighted by Gasteiger charge is -2.09. The van der Waals surface area contributed by atoms with E-state index in [1.165, 1.54) is 31.2 Å². The second kappa shape index (κ2) is 4.57. The second-order valence-electron chi connectivity index (χ2n) is 4.20. The fourth-order valence-electron chi connectivity index (χ4n) is 1.77. The third-order valence-electron chi connectivity index (χ3n) is 2.78. The van der Waals surface area contributed by atoms with E-state index in [0.717, 1.165) is 12.1 Å². The van der Waals surface area contributed by atoms with E-state index in [4.69, 9.17) is 0 Å². The van der Waals surface area contributed by atoms with Crippen molar-refractivity contribution in [3.8, 4) is 16.9 Å². The highest BCUT2D eigenvalue weighted by atomic mass is 19.4. The number of benzene rings is 2. The zero-order chi connectivity index (χ0) is 14.2. The number of alkyl halides is 3. The van der Waals surface area contributed by atoms with Gasteiger partial charge in [-0.3, -0.25) is 0 Å². The topological polar surface area (TPSA) is 20.2 Å². The van der Waals surface area contributed by atoms with Crippen molar-refractivity contribution >= 4 is 0 Å². The fraction of sp³-hybridized carbons (Fsp3) is 0.143. The number of phenols is 1. The van der Waals surface area contributed by atoms with Gasteiger partial charge < -0.3 is 5.11 Å². The van der Waals surface area contributed by atoms with Crippen molar-refractivity contribution in [2.75, 3.05) is 0 Å². The molecule has 5 heteroatoms. The molecule has 0 heterocycles. The average Bonchev–Trinajstić information content (AvgIpc) is 2.34. The SMILES string of the molecule is Cc1cc(-c2ccc(C(F)(F)F)cc2)cc(O)c1F. The number of hydrogen-bond donors (Lipinski definition) is 1. The molecule has 100 valence electrons. The Bertz CT molecular complexity index is 577. The Morgan fingerprint density at radius 2 is 1.53 bits per heavy atom. The summed E-state index contributed by atoms with van der Waals surface area (Å²) in [5, 5.41) is 9.37. The largest absolute Gasteiger partial charge is 0.505 e. The zero-order valence-electron chi connectivity index (χ0n) is 9.92. The first-order chi connectivity index (χ1) is 8.79. The van der Waals surface area contributed by atoms with Crippen molar-refractivity contribution in [1.29, 1.82) is 0 Å². The van der Waals surface area contributed by atoms with Crippen LogP contribution in [0.5, 0.6) is 5.75 Å². The lowest BCUT2D eigenvalue weighted by molar-refractivity contribution is -0.137. The van der Waals surface area contributed by atoms with Gasteiger partial charge in [-0.2, -0.15) is 13.2 Å². The van der Waals surface area contributed by atoms with Gasteiger partial charge in [0.1, 0.15) is 0 Å². The summed E-state index contributed by atoms with van der Waals surface area (Å²) in [7, 11) is 0. The lowest BCUT2D eigenvalue weighted by atomic mass is 10.0. The van der Waals surface area contributed by atoms with Gasteiger partial charge in [0.05, 0.1) is 5.56 Å². The number of aromatic hydroxyl groups is 1. The third-order valence-corrected chi connectivity index (χ3v) is 2.78. The van der Waals surface area contributed by atoms with Crippen LogP contribution in [0.1, 0.15) is 11.1 Å². The molecule has 0 atom stereocenters. The standard InChI is InChI=1S/C14H10F4O/c1-8-6-10(7-12(19)13(8)15)9-2-4-11(5-3-9)14(16,17)18/h2-7,19H,1H3. The summed E-state index contributed by atoms with van der Waals surface area (Å²) < 4.78 is 50.5. The highest BCUT2D eigenvalue weighted by molar-refractivity contribution is 5.66. The van der Waals surface area contributed by atoms with E-state index in [1.807, 2.05) is 0 Å². The molecule has 0 aliphatic heterocycles. The summed E-state index contributed by atoms with van der Waals surface area (Å²) in [6, 6.07) is 7.13. The molecule has 2 aromatic rings. The monoisotopic (exact) mass is 270 g/mol. The Labute approximate surface area is 107 Å². The van der Waals surface area contributed by atoms with Crippen molar-refractivity contribution < 1.29 is 22.7 Å². The number of halogens is 4. The molecule has 0 saturated carbocycles. The molecular formula is C14H10F4O. The summed E-state index contributed by atoms with van der Waals surface area (Å²) in [5.41, 5.74) is 0.422. The Morgan fingerprint density at radius 1 is 0.947 bits per heavy atom. The van der Waals surface area contributed by atoms with Gasteiger partial charge in [0, 0.05) is 0 Å². The van der Waals surface area contributed by atoms with Crippen LogP contribution in [-0.2, 0) is 6.18 Å². The number of aryl methyl sites for hydroxylation is 1. The summed E-state index contributed by atoms with van der Waals surface area (Å²) in [4.78, 5) is 0. The Hall–Kier alpha value is -2.04. The maximum Gasteiger partial charge on any atom is 0.416 e. The first-order valence-corrected chi connectivity index (χ1v) is 5.46. The van der Waals surface area contributed by atoms with E-state index < -0.39 is 23.3 Å². The summed E-state index contributed by atoms with van der Waals surface area (Å²) >= 11 is 0. The molecule has 0 radical (unpaired) electrons. The quantitative estimate of drug-likeness (QED) is 0.755. The zero-order valence-corrected chi connectivity index (χ0v) is 9.92. The number of rotatable bonds is 1. The molecule has 0 aliphatic carbocycles. The number of phenolic OH excluding ortho intramolecular Hbond substituents is 1. The fourth-order valence-corrected chi connectivity index (χ4v) is 1.77. The normalized spacial score (nSPS) is 11.6. The van der Waals surface area contributed by atoms with Crippen LogP contribution in [0.15, 0.2) is 36.4 Å². The van der Waals surface area contributed by atoms with E-state index in [9.17, 15) is 22.7 Å². The second-order valence-corrected chi connectivity index (χ2v) is 4.20. The molecule has 0 fully saturated rings. The molecule has 0 bridgehead atoms. The van der Waals surface area contributed by atoms with Crippen molar-refractivity contribution in [2.45, 2.75) is 13.1 Å². The van der Waals surface area contributed by atoms with Gasteiger partial charge in [0.15, 0.2) is 11.6 Å². The Balaban J connectivity index is 2.43. The van der Waals surface area contributed by atoms with Gasteiger partial charge in [-0.15, -0.1) is 0 Å². The molecule has 1 N–H and O–H groups in total. The molecule has 2 rings (SSSR count). The minimum Gasteiger partial charge on any atom is -0.505 e. The molecule has 19 heavy (non-hydrogen) atoms. The Kier molecular flexibility index (Phi) is 3.22. The first kappa shape index (κ1) is 13.4. The van der Waals surface area contributed by atoms with Gasteiger partial charge in [0.2, 0.25) is 0 Å². The van der Waals surface area contributed by atoms with Gasteiger partial charge in [-0.1, -0.05) is 12.1 Å². The van der Waals surface area contributed by atoms with Crippen LogP contribution in [0.3, 0.4) is 0 Å². The van der Waals surface area contributed by atoms with Crippen LogP contribution in [0.4, 0.5) is 17.6 Å². The van der Waals surface area contributed by atoms with Crippen molar-refractivity contribution in [3.63, 3.8) is 0 Å². The van der Waals surface area contributed by atoms with Crippen LogP contribution in [0.25, 0.3) is 11.1 Å². The van der Waals surface area contributed by atoms with E-state index in [0.29, 0.717) is 11.1 Å². The maximum atomic E-state index is 13.2. The average molecular weight is 270 g/mol. The van der Waals surface area contributed by atoms with E-state index in [1.54, 1.807) is 0 Å². The van der Waals surface area contributed by atoms with Crippen molar-refractivity contribution in [3.05, 3.63) is 53.3 Å². The summed E-state index contributed by atoms with van der Waals surface area (Å²) in [5.74, 6) is -1.24. The van der Waals surface area contributed by atoms with Gasteiger partial charge in [-0.05, 0) is 47.9 Å². The molecule has 0 aromatic heterocycles. The van der Waals surface area contributed by atoms with Crippen LogP contribution in [0, 0.1) is 12.7 Å². The minimum absolute atomic E-state index is 0.231. The third kappa shape index (κ3) is 2.70. The minimum atomic E-state index is -4.39. The molecule has 0 saturated heterocycles. The molecule has 0 aliphatic rings. The predicted molar refractivity (Wildman–Crippen MR) is 63.2 cm³/mol. The number of hydrogen-bond acceptors (Lipinski definition) is 1. The van der Waals surface area contributed by atoms with Gasteiger partial charge >= 0.3 is 6.18 Å². The van der Waals surface area contributed by atoms with Crippen molar-refractivity contribution in [2.24, 2.45) is 0 Å². The van der Waals surface area contributed by atoms with E-state index >= 15 is 0 Å². The smallest absolute Gasteiger partial charge is 0.416 e. The van der Waals surface area contributed by atoms with Gasteiger partial charge in [-0.25, -0.2) is 4.39 Å². The van der Waals surface area contributed by atoms with Gasteiger partial charge in [0.25, 0.3) is 0 Å².